The van der Waals surface area contributed by atoms with Gasteiger partial charge in [-0.15, -0.1) is 0 Å². The zero-order valence-corrected chi connectivity index (χ0v) is 10.8. The Balaban J connectivity index is 2.86. The van der Waals surface area contributed by atoms with Crippen molar-refractivity contribution in [2.24, 2.45) is 0 Å². The van der Waals surface area contributed by atoms with E-state index in [0.717, 1.165) is 5.56 Å². The minimum Gasteiger partial charge on any atom is -0.309 e. The molecule has 1 aromatic rings. The van der Waals surface area contributed by atoms with E-state index in [1.165, 1.54) is 6.20 Å². The minimum absolute atomic E-state index is 0.159. The summed E-state index contributed by atoms with van der Waals surface area (Å²) in [6, 6.07) is 5.22. The average molecular weight is 254 g/mol. The van der Waals surface area contributed by atoms with Crippen LogP contribution in [-0.2, 0) is 19.8 Å². The summed E-state index contributed by atoms with van der Waals surface area (Å²) in [7, 11) is -3.11. The van der Waals surface area contributed by atoms with Gasteiger partial charge in [-0.05, 0) is 31.5 Å². The molecule has 1 aromatic heterocycles. The average Bonchev–Trinajstić information content (AvgIpc) is 2.29. The molecule has 0 fully saturated rings. The number of rotatable bonds is 6. The van der Waals surface area contributed by atoms with E-state index < -0.39 is 7.60 Å². The quantitative estimate of drug-likeness (QED) is 0.730. The highest BCUT2D eigenvalue weighted by Crippen LogP contribution is 2.51. The molecule has 92 valence electrons. The number of aromatic nitrogens is 1. The summed E-state index contributed by atoms with van der Waals surface area (Å²) in [6.07, 6.45) is 1.67. The summed E-state index contributed by atoms with van der Waals surface area (Å²) < 4.78 is 22.6. The Morgan fingerprint density at radius 3 is 2.59 bits per heavy atom. The van der Waals surface area contributed by atoms with Crippen LogP contribution in [0, 0.1) is 11.3 Å². The number of nitrogens with zero attached hydrogens (tertiary/aromatic N) is 2. The van der Waals surface area contributed by atoms with Crippen LogP contribution in [0.15, 0.2) is 18.3 Å². The van der Waals surface area contributed by atoms with Gasteiger partial charge in [0.25, 0.3) is 0 Å². The van der Waals surface area contributed by atoms with Gasteiger partial charge in [0.1, 0.15) is 11.8 Å². The van der Waals surface area contributed by atoms with E-state index in [0.29, 0.717) is 18.9 Å². The third kappa shape index (κ3) is 4.27. The first kappa shape index (κ1) is 13.9. The van der Waals surface area contributed by atoms with Crippen molar-refractivity contribution >= 4 is 7.60 Å². The molecule has 17 heavy (non-hydrogen) atoms. The van der Waals surface area contributed by atoms with Crippen LogP contribution >= 0.6 is 7.60 Å². The largest absolute Gasteiger partial charge is 0.335 e. The van der Waals surface area contributed by atoms with Gasteiger partial charge in [-0.2, -0.15) is 5.26 Å². The summed E-state index contributed by atoms with van der Waals surface area (Å²) in [5.41, 5.74) is 1.02. The predicted octanol–water partition coefficient (Wildman–Crippen LogP) is 2.72. The first-order valence-corrected chi connectivity index (χ1v) is 7.09. The van der Waals surface area contributed by atoms with Gasteiger partial charge in [0.15, 0.2) is 0 Å². The molecule has 0 unspecified atom stereocenters. The van der Waals surface area contributed by atoms with Gasteiger partial charge in [-0.25, -0.2) is 4.98 Å². The van der Waals surface area contributed by atoms with E-state index in [2.05, 4.69) is 4.98 Å². The third-order valence-electron chi connectivity index (χ3n) is 1.97. The van der Waals surface area contributed by atoms with Crippen molar-refractivity contribution < 1.29 is 13.6 Å². The molecule has 5 nitrogen and oxygen atoms in total. The summed E-state index contributed by atoms with van der Waals surface area (Å²) >= 11 is 0. The SMILES string of the molecule is CCOP(=O)(Cc1ccnc(C#N)c1)OCC. The van der Waals surface area contributed by atoms with Crippen molar-refractivity contribution in [2.45, 2.75) is 20.0 Å². The highest BCUT2D eigenvalue weighted by atomic mass is 31.2. The fourth-order valence-corrected chi connectivity index (χ4v) is 3.07. The van der Waals surface area contributed by atoms with Crippen LogP contribution in [0.3, 0.4) is 0 Å². The van der Waals surface area contributed by atoms with Crippen LogP contribution in [0.2, 0.25) is 0 Å². The van der Waals surface area contributed by atoms with Crippen LogP contribution in [-0.4, -0.2) is 18.2 Å². The zero-order chi connectivity index (χ0) is 12.7. The van der Waals surface area contributed by atoms with Gasteiger partial charge >= 0.3 is 7.60 Å². The second-order valence-electron chi connectivity index (χ2n) is 3.27. The summed E-state index contributed by atoms with van der Waals surface area (Å²) in [5.74, 6) is 0. The second kappa shape index (κ2) is 6.51. The Bertz CT molecular complexity index is 446. The van der Waals surface area contributed by atoms with E-state index in [1.807, 2.05) is 6.07 Å². The number of pyridine rings is 1. The summed E-state index contributed by atoms with van der Waals surface area (Å²) in [6.45, 7) is 4.18. The monoisotopic (exact) mass is 254 g/mol. The molecular weight excluding hydrogens is 239 g/mol. The van der Waals surface area contributed by atoms with E-state index in [4.69, 9.17) is 14.3 Å². The molecule has 0 aliphatic heterocycles. The molecule has 0 saturated carbocycles. The smallest absolute Gasteiger partial charge is 0.309 e. The minimum atomic E-state index is -3.11. The molecule has 0 radical (unpaired) electrons. The molecule has 0 saturated heterocycles. The molecule has 0 amide bonds. The van der Waals surface area contributed by atoms with Crippen LogP contribution in [0.1, 0.15) is 25.1 Å². The zero-order valence-electron chi connectivity index (χ0n) is 9.92. The molecule has 0 bridgehead atoms. The molecular formula is C11H15N2O3P. The van der Waals surface area contributed by atoms with Gasteiger partial charge in [0.05, 0.1) is 19.4 Å². The fraction of sp³-hybridized carbons (Fsp3) is 0.455. The highest BCUT2D eigenvalue weighted by molar-refractivity contribution is 7.53. The fourth-order valence-electron chi connectivity index (χ4n) is 1.38. The molecule has 1 heterocycles. The number of hydrogen-bond donors (Lipinski definition) is 0. The lowest BCUT2D eigenvalue weighted by molar-refractivity contribution is 0.219. The molecule has 0 aliphatic rings. The maximum atomic E-state index is 12.2. The second-order valence-corrected chi connectivity index (χ2v) is 5.32. The topological polar surface area (TPSA) is 72.2 Å². The van der Waals surface area contributed by atoms with Gasteiger partial charge in [-0.3, -0.25) is 4.57 Å². The van der Waals surface area contributed by atoms with Crippen molar-refractivity contribution in [1.82, 2.24) is 4.98 Å². The van der Waals surface area contributed by atoms with Crippen LogP contribution in [0.25, 0.3) is 0 Å². The molecule has 0 atom stereocenters. The Morgan fingerprint density at radius 2 is 2.06 bits per heavy atom. The molecule has 1 rings (SSSR count). The van der Waals surface area contributed by atoms with Crippen LogP contribution in [0.4, 0.5) is 0 Å². The van der Waals surface area contributed by atoms with Gasteiger partial charge in [0.2, 0.25) is 0 Å². The lowest BCUT2D eigenvalue weighted by atomic mass is 10.2. The van der Waals surface area contributed by atoms with E-state index in [-0.39, 0.29) is 6.16 Å². The Hall–Kier alpha value is -1.21. The Morgan fingerprint density at radius 1 is 1.41 bits per heavy atom. The van der Waals surface area contributed by atoms with Crippen molar-refractivity contribution in [2.75, 3.05) is 13.2 Å². The molecule has 6 heteroatoms. The van der Waals surface area contributed by atoms with Gasteiger partial charge in [0, 0.05) is 6.20 Å². The molecule has 0 spiro atoms. The number of nitriles is 1. The molecule has 0 aromatic carbocycles. The Labute approximate surface area is 101 Å². The van der Waals surface area contributed by atoms with Crippen LogP contribution in [0.5, 0.6) is 0 Å². The third-order valence-corrected chi connectivity index (χ3v) is 4.02. The predicted molar refractivity (Wildman–Crippen MR) is 63.5 cm³/mol. The standard InChI is InChI=1S/C11H15N2O3P/c1-3-15-17(14,16-4-2)9-10-5-6-13-11(7-10)8-12/h5-7H,3-4,9H2,1-2H3. The van der Waals surface area contributed by atoms with Gasteiger partial charge in [-0.1, -0.05) is 0 Å². The first-order valence-electron chi connectivity index (χ1n) is 5.36. The maximum absolute atomic E-state index is 12.2. The van der Waals surface area contributed by atoms with Crippen molar-refractivity contribution in [3.8, 4) is 6.07 Å². The lowest BCUT2D eigenvalue weighted by Crippen LogP contribution is -1.99. The molecule has 0 aliphatic carbocycles. The summed E-state index contributed by atoms with van der Waals surface area (Å²) in [4.78, 5) is 3.85. The van der Waals surface area contributed by atoms with Crippen molar-refractivity contribution in [3.05, 3.63) is 29.6 Å². The van der Waals surface area contributed by atoms with Crippen molar-refractivity contribution in [1.29, 1.82) is 5.26 Å². The Kier molecular flexibility index (Phi) is 5.30. The summed E-state index contributed by atoms with van der Waals surface area (Å²) in [5, 5.41) is 8.72. The van der Waals surface area contributed by atoms with Crippen molar-refractivity contribution in [3.63, 3.8) is 0 Å². The lowest BCUT2D eigenvalue weighted by Gasteiger charge is -2.16. The van der Waals surface area contributed by atoms with Crippen LogP contribution < -0.4 is 0 Å². The van der Waals surface area contributed by atoms with Gasteiger partial charge < -0.3 is 9.05 Å². The highest BCUT2D eigenvalue weighted by Gasteiger charge is 2.24. The first-order chi connectivity index (χ1) is 8.13. The molecule has 0 N–H and O–H groups in total. The van der Waals surface area contributed by atoms with E-state index >= 15 is 0 Å². The normalized spacial score (nSPS) is 11.1. The maximum Gasteiger partial charge on any atom is 0.335 e. The van der Waals surface area contributed by atoms with E-state index in [9.17, 15) is 4.57 Å². The number of hydrogen-bond acceptors (Lipinski definition) is 5. The van der Waals surface area contributed by atoms with E-state index in [1.54, 1.807) is 26.0 Å².